The first-order valence-electron chi connectivity index (χ1n) is 4.91. The van der Waals surface area contributed by atoms with Crippen LogP contribution in [0.25, 0.3) is 0 Å². The fraction of sp³-hybridized carbons (Fsp3) is 0.667. The van der Waals surface area contributed by atoms with Crippen LogP contribution in [0, 0.1) is 0 Å². The highest BCUT2D eigenvalue weighted by atomic mass is 16.2. The highest BCUT2D eigenvalue weighted by Gasteiger charge is 2.28. The predicted octanol–water partition coefficient (Wildman–Crippen LogP) is -1.40. The Morgan fingerprint density at radius 1 is 1.47 bits per heavy atom. The number of rotatable bonds is 3. The van der Waals surface area contributed by atoms with Gasteiger partial charge in [0.2, 0.25) is 17.7 Å². The third-order valence-corrected chi connectivity index (χ3v) is 2.18. The van der Waals surface area contributed by atoms with Crippen LogP contribution >= 0.6 is 0 Å². The summed E-state index contributed by atoms with van der Waals surface area (Å²) in [6.45, 7) is 1.76. The van der Waals surface area contributed by atoms with Crippen LogP contribution in [-0.2, 0) is 14.4 Å². The van der Waals surface area contributed by atoms with Crippen LogP contribution in [0.3, 0.4) is 0 Å². The van der Waals surface area contributed by atoms with Crippen molar-refractivity contribution in [2.45, 2.75) is 25.8 Å². The number of carbonyl (C=O) groups excluding carboxylic acids is 3. The van der Waals surface area contributed by atoms with Gasteiger partial charge >= 0.3 is 0 Å². The van der Waals surface area contributed by atoms with E-state index in [4.69, 9.17) is 5.73 Å². The Morgan fingerprint density at radius 3 is 2.47 bits per heavy atom. The number of imide groups is 1. The Hall–Kier alpha value is -1.43. The van der Waals surface area contributed by atoms with E-state index in [0.29, 0.717) is 6.42 Å². The SMILES string of the molecule is CCC[C@@H](N)C(=O)N1CC(=O)NC(=O)C1. The summed E-state index contributed by atoms with van der Waals surface area (Å²) in [5.74, 6) is -1.24. The van der Waals surface area contributed by atoms with E-state index in [0.717, 1.165) is 6.42 Å². The lowest BCUT2D eigenvalue weighted by Crippen LogP contribution is -2.56. The van der Waals surface area contributed by atoms with E-state index >= 15 is 0 Å². The average Bonchev–Trinajstić information content (AvgIpc) is 2.15. The second kappa shape index (κ2) is 4.88. The second-order valence-corrected chi connectivity index (χ2v) is 3.56. The van der Waals surface area contributed by atoms with E-state index in [-0.39, 0.29) is 19.0 Å². The minimum absolute atomic E-state index is 0.0814. The van der Waals surface area contributed by atoms with Gasteiger partial charge in [-0.2, -0.15) is 0 Å². The van der Waals surface area contributed by atoms with Crippen molar-refractivity contribution in [2.75, 3.05) is 13.1 Å². The molecular formula is C9H15N3O3. The van der Waals surface area contributed by atoms with E-state index in [9.17, 15) is 14.4 Å². The molecule has 1 aliphatic heterocycles. The first-order valence-corrected chi connectivity index (χ1v) is 4.91. The zero-order chi connectivity index (χ0) is 11.4. The Morgan fingerprint density at radius 2 is 2.00 bits per heavy atom. The molecule has 3 N–H and O–H groups in total. The van der Waals surface area contributed by atoms with E-state index in [1.54, 1.807) is 0 Å². The van der Waals surface area contributed by atoms with Gasteiger partial charge in [0.25, 0.3) is 0 Å². The van der Waals surface area contributed by atoms with Crippen molar-refractivity contribution < 1.29 is 14.4 Å². The summed E-state index contributed by atoms with van der Waals surface area (Å²) in [5.41, 5.74) is 5.62. The van der Waals surface area contributed by atoms with E-state index < -0.39 is 17.9 Å². The van der Waals surface area contributed by atoms with Gasteiger partial charge in [-0.15, -0.1) is 0 Å². The molecule has 15 heavy (non-hydrogen) atoms. The molecule has 0 unspecified atom stereocenters. The Labute approximate surface area is 87.8 Å². The number of piperazine rings is 1. The summed E-state index contributed by atoms with van der Waals surface area (Å²) in [4.78, 5) is 34.8. The normalized spacial score (nSPS) is 18.7. The summed E-state index contributed by atoms with van der Waals surface area (Å²) in [6.07, 6.45) is 1.35. The number of amides is 3. The van der Waals surface area contributed by atoms with Gasteiger partial charge in [-0.3, -0.25) is 19.7 Å². The smallest absolute Gasteiger partial charge is 0.246 e. The van der Waals surface area contributed by atoms with Crippen molar-refractivity contribution in [3.8, 4) is 0 Å². The van der Waals surface area contributed by atoms with Crippen LogP contribution in [0.15, 0.2) is 0 Å². The van der Waals surface area contributed by atoms with Crippen molar-refractivity contribution >= 4 is 17.7 Å². The molecule has 0 bridgehead atoms. The number of carbonyl (C=O) groups is 3. The lowest BCUT2D eigenvalue weighted by atomic mass is 10.1. The molecule has 84 valence electrons. The lowest BCUT2D eigenvalue weighted by Gasteiger charge is -2.27. The maximum absolute atomic E-state index is 11.6. The molecule has 1 rings (SSSR count). The molecule has 0 aromatic carbocycles. The average molecular weight is 213 g/mol. The topological polar surface area (TPSA) is 92.5 Å². The van der Waals surface area contributed by atoms with Crippen LogP contribution < -0.4 is 11.1 Å². The zero-order valence-electron chi connectivity index (χ0n) is 8.66. The highest BCUT2D eigenvalue weighted by molar-refractivity contribution is 6.03. The van der Waals surface area contributed by atoms with E-state index in [2.05, 4.69) is 5.32 Å². The van der Waals surface area contributed by atoms with E-state index in [1.807, 2.05) is 6.92 Å². The monoisotopic (exact) mass is 213 g/mol. The lowest BCUT2D eigenvalue weighted by molar-refractivity contribution is -0.146. The van der Waals surface area contributed by atoms with Gasteiger partial charge in [-0.1, -0.05) is 13.3 Å². The predicted molar refractivity (Wildman–Crippen MR) is 52.6 cm³/mol. The van der Waals surface area contributed by atoms with E-state index in [1.165, 1.54) is 4.90 Å². The van der Waals surface area contributed by atoms with Crippen molar-refractivity contribution in [1.82, 2.24) is 10.2 Å². The number of nitrogens with one attached hydrogen (secondary N) is 1. The summed E-state index contributed by atoms with van der Waals surface area (Å²) in [7, 11) is 0. The van der Waals surface area contributed by atoms with Gasteiger partial charge in [-0.25, -0.2) is 0 Å². The minimum atomic E-state index is -0.617. The molecule has 6 nitrogen and oxygen atoms in total. The third kappa shape index (κ3) is 3.02. The Kier molecular flexibility index (Phi) is 3.79. The number of hydrogen-bond donors (Lipinski definition) is 2. The molecule has 0 aromatic heterocycles. The molecule has 1 heterocycles. The first kappa shape index (κ1) is 11.6. The van der Waals surface area contributed by atoms with Gasteiger partial charge < -0.3 is 10.6 Å². The van der Waals surface area contributed by atoms with Crippen molar-refractivity contribution in [3.63, 3.8) is 0 Å². The highest BCUT2D eigenvalue weighted by Crippen LogP contribution is 2.02. The van der Waals surface area contributed by atoms with Crippen molar-refractivity contribution in [1.29, 1.82) is 0 Å². The van der Waals surface area contributed by atoms with Crippen LogP contribution in [0.5, 0.6) is 0 Å². The summed E-state index contributed by atoms with van der Waals surface area (Å²) in [6, 6.07) is -0.617. The minimum Gasteiger partial charge on any atom is -0.323 e. The third-order valence-electron chi connectivity index (χ3n) is 2.18. The first-order chi connectivity index (χ1) is 7.04. The quantitative estimate of drug-likeness (QED) is 0.564. The summed E-state index contributed by atoms with van der Waals surface area (Å²) < 4.78 is 0. The van der Waals surface area contributed by atoms with Crippen LogP contribution in [0.1, 0.15) is 19.8 Å². The summed E-state index contributed by atoms with van der Waals surface area (Å²) >= 11 is 0. The number of hydrogen-bond acceptors (Lipinski definition) is 4. The summed E-state index contributed by atoms with van der Waals surface area (Å²) in [5, 5.41) is 2.12. The Bertz CT molecular complexity index is 274. The molecule has 0 radical (unpaired) electrons. The van der Waals surface area contributed by atoms with Gasteiger partial charge in [0.1, 0.15) is 13.1 Å². The fourth-order valence-electron chi connectivity index (χ4n) is 1.46. The zero-order valence-corrected chi connectivity index (χ0v) is 8.66. The van der Waals surface area contributed by atoms with Crippen molar-refractivity contribution in [3.05, 3.63) is 0 Å². The number of nitrogens with zero attached hydrogens (tertiary/aromatic N) is 1. The Balaban J connectivity index is 2.58. The van der Waals surface area contributed by atoms with Gasteiger partial charge in [-0.05, 0) is 6.42 Å². The molecule has 3 amide bonds. The molecule has 6 heteroatoms. The van der Waals surface area contributed by atoms with Crippen molar-refractivity contribution in [2.24, 2.45) is 5.73 Å². The molecule has 0 saturated carbocycles. The maximum Gasteiger partial charge on any atom is 0.246 e. The molecule has 1 saturated heterocycles. The van der Waals surface area contributed by atoms with Gasteiger partial charge in [0.15, 0.2) is 0 Å². The largest absolute Gasteiger partial charge is 0.323 e. The molecule has 0 spiro atoms. The molecule has 0 aliphatic carbocycles. The van der Waals surface area contributed by atoms with Gasteiger partial charge in [0, 0.05) is 0 Å². The second-order valence-electron chi connectivity index (χ2n) is 3.56. The molecule has 1 aliphatic rings. The fourth-order valence-corrected chi connectivity index (χ4v) is 1.46. The maximum atomic E-state index is 11.6. The molecular weight excluding hydrogens is 198 g/mol. The van der Waals surface area contributed by atoms with Gasteiger partial charge in [0.05, 0.1) is 6.04 Å². The molecule has 1 fully saturated rings. The van der Waals surface area contributed by atoms with Crippen LogP contribution in [0.4, 0.5) is 0 Å². The molecule has 1 atom stereocenters. The standard InChI is InChI=1S/C9H15N3O3/c1-2-3-6(10)9(15)12-4-7(13)11-8(14)5-12/h6H,2-5,10H2,1H3,(H,11,13,14)/t6-/m1/s1. The molecule has 0 aromatic rings. The van der Waals surface area contributed by atoms with Crippen LogP contribution in [0.2, 0.25) is 0 Å². The van der Waals surface area contributed by atoms with Crippen LogP contribution in [-0.4, -0.2) is 41.8 Å². The number of nitrogens with two attached hydrogens (primary N) is 1.